The maximum Gasteiger partial charge on any atom is 0.163 e. The summed E-state index contributed by atoms with van der Waals surface area (Å²) in [5, 5.41) is 0. The zero-order chi connectivity index (χ0) is 17.9. The Morgan fingerprint density at radius 3 is 2.85 bits per heavy atom. The summed E-state index contributed by atoms with van der Waals surface area (Å²) in [6.07, 6.45) is 6.62. The molecular weight excluding hydrogens is 326 g/mol. The van der Waals surface area contributed by atoms with E-state index in [0.29, 0.717) is 6.04 Å². The first-order valence-electron chi connectivity index (χ1n) is 10.2. The zero-order valence-corrected chi connectivity index (χ0v) is 16.3. The van der Waals surface area contributed by atoms with Gasteiger partial charge in [-0.15, -0.1) is 0 Å². The molecule has 2 aliphatic heterocycles. The molecule has 1 aromatic carbocycles. The Bertz CT molecular complexity index is 699. The highest BCUT2D eigenvalue weighted by Gasteiger charge is 2.58. The number of ether oxygens (including phenoxy) is 3. The van der Waals surface area contributed by atoms with E-state index in [1.165, 1.54) is 36.9 Å². The standard InChI is InChI=1S/C22H31NO3/c1-21(2)25-14-22-9-10-23(13-15-5-4-6-15)19(20(22)26-21)11-16-7-8-17(24-3)12-18(16)22/h7-8,12,15,19-20H,4-6,9-11,13-14H2,1-3H3/t19-,20+,22-/m1/s1. The van der Waals surface area contributed by atoms with Crippen LogP contribution >= 0.6 is 0 Å². The first-order valence-corrected chi connectivity index (χ1v) is 10.2. The van der Waals surface area contributed by atoms with Crippen molar-refractivity contribution in [1.29, 1.82) is 0 Å². The number of methoxy groups -OCH3 is 1. The smallest absolute Gasteiger partial charge is 0.163 e. The maximum atomic E-state index is 6.62. The van der Waals surface area contributed by atoms with Crippen LogP contribution in [0.2, 0.25) is 0 Å². The number of rotatable bonds is 3. The van der Waals surface area contributed by atoms with E-state index >= 15 is 0 Å². The van der Waals surface area contributed by atoms with Crippen molar-refractivity contribution in [3.8, 4) is 5.75 Å². The first kappa shape index (κ1) is 17.0. The highest BCUT2D eigenvalue weighted by Crippen LogP contribution is 2.51. The van der Waals surface area contributed by atoms with Crippen molar-refractivity contribution in [2.75, 3.05) is 26.8 Å². The van der Waals surface area contributed by atoms with Gasteiger partial charge in [0, 0.05) is 18.0 Å². The molecule has 2 aliphatic carbocycles. The summed E-state index contributed by atoms with van der Waals surface area (Å²) in [5.74, 6) is 1.34. The molecule has 1 saturated carbocycles. The van der Waals surface area contributed by atoms with Crippen molar-refractivity contribution < 1.29 is 14.2 Å². The SMILES string of the molecule is COc1ccc2c(c1)[C@]13CCN(CC4CCC4)[C@H](C2)[C@@H]1OC(C)(C)OC3. The van der Waals surface area contributed by atoms with Crippen molar-refractivity contribution >= 4 is 0 Å². The van der Waals surface area contributed by atoms with E-state index in [4.69, 9.17) is 14.2 Å². The third-order valence-electron chi connectivity index (χ3n) is 7.30. The molecule has 0 radical (unpaired) electrons. The minimum absolute atomic E-state index is 0.0293. The van der Waals surface area contributed by atoms with Crippen LogP contribution in [0.4, 0.5) is 0 Å². The minimum Gasteiger partial charge on any atom is -0.497 e. The molecule has 0 spiro atoms. The average Bonchev–Trinajstić information content (AvgIpc) is 2.58. The van der Waals surface area contributed by atoms with Gasteiger partial charge in [-0.2, -0.15) is 0 Å². The Morgan fingerprint density at radius 1 is 1.27 bits per heavy atom. The van der Waals surface area contributed by atoms with Gasteiger partial charge in [0.2, 0.25) is 0 Å². The number of hydrogen-bond acceptors (Lipinski definition) is 4. The van der Waals surface area contributed by atoms with Crippen LogP contribution in [0.5, 0.6) is 5.75 Å². The second kappa shape index (κ2) is 5.95. The van der Waals surface area contributed by atoms with Crippen LogP contribution in [-0.2, 0) is 21.3 Å². The first-order chi connectivity index (χ1) is 12.5. The molecular formula is C22H31NO3. The molecule has 3 fully saturated rings. The average molecular weight is 357 g/mol. The van der Waals surface area contributed by atoms with Gasteiger partial charge in [0.25, 0.3) is 0 Å². The Morgan fingerprint density at radius 2 is 2.12 bits per heavy atom. The second-order valence-corrected chi connectivity index (χ2v) is 9.22. The summed E-state index contributed by atoms with van der Waals surface area (Å²) < 4.78 is 18.4. The quantitative estimate of drug-likeness (QED) is 0.828. The predicted octanol–water partition coefficient (Wildman–Crippen LogP) is 3.52. The molecule has 0 amide bonds. The van der Waals surface area contributed by atoms with Crippen LogP contribution in [0.1, 0.15) is 50.7 Å². The normalized spacial score (nSPS) is 36.0. The molecule has 0 unspecified atom stereocenters. The highest BCUT2D eigenvalue weighted by atomic mass is 16.7. The lowest BCUT2D eigenvalue weighted by Crippen LogP contribution is -2.70. The number of nitrogens with zero attached hydrogens (tertiary/aromatic N) is 1. The highest BCUT2D eigenvalue weighted by molar-refractivity contribution is 5.46. The molecule has 1 aromatic rings. The monoisotopic (exact) mass is 357 g/mol. The summed E-state index contributed by atoms with van der Waals surface area (Å²) in [6.45, 7) is 7.27. The van der Waals surface area contributed by atoms with Crippen LogP contribution < -0.4 is 4.74 Å². The Balaban J connectivity index is 1.55. The van der Waals surface area contributed by atoms with Crippen molar-refractivity contribution in [2.45, 2.75) is 69.3 Å². The van der Waals surface area contributed by atoms with E-state index in [9.17, 15) is 0 Å². The van der Waals surface area contributed by atoms with Gasteiger partial charge in [-0.1, -0.05) is 12.5 Å². The summed E-state index contributed by atoms with van der Waals surface area (Å²) in [5.41, 5.74) is 2.83. The van der Waals surface area contributed by atoms with Gasteiger partial charge in [-0.3, -0.25) is 4.90 Å². The molecule has 0 N–H and O–H groups in total. The van der Waals surface area contributed by atoms with Crippen LogP contribution in [0.3, 0.4) is 0 Å². The van der Waals surface area contributed by atoms with Crippen molar-refractivity contribution in [3.63, 3.8) is 0 Å². The van der Waals surface area contributed by atoms with Crippen LogP contribution in [0, 0.1) is 5.92 Å². The van der Waals surface area contributed by atoms with Crippen molar-refractivity contribution in [3.05, 3.63) is 29.3 Å². The maximum absolute atomic E-state index is 6.62. The molecule has 26 heavy (non-hydrogen) atoms. The minimum atomic E-state index is -0.498. The summed E-state index contributed by atoms with van der Waals surface area (Å²) >= 11 is 0. The zero-order valence-electron chi connectivity index (χ0n) is 16.3. The van der Waals surface area contributed by atoms with E-state index in [2.05, 4.69) is 36.9 Å². The summed E-state index contributed by atoms with van der Waals surface area (Å²) in [7, 11) is 1.75. The second-order valence-electron chi connectivity index (χ2n) is 9.22. The lowest BCUT2D eigenvalue weighted by molar-refractivity contribution is -0.322. The molecule has 4 aliphatic rings. The van der Waals surface area contributed by atoms with E-state index in [1.54, 1.807) is 7.11 Å². The molecule has 3 atom stereocenters. The number of likely N-dealkylation sites (tertiary alicyclic amines) is 1. The third kappa shape index (κ3) is 2.53. The molecule has 5 rings (SSSR count). The number of hydrogen-bond donors (Lipinski definition) is 0. The van der Waals surface area contributed by atoms with Crippen LogP contribution in [0.15, 0.2) is 18.2 Å². The third-order valence-corrected chi connectivity index (χ3v) is 7.30. The lowest BCUT2D eigenvalue weighted by atomic mass is 9.61. The van der Waals surface area contributed by atoms with Crippen LogP contribution in [-0.4, -0.2) is 49.6 Å². The Labute approximate surface area is 156 Å². The fourth-order valence-electron chi connectivity index (χ4n) is 5.58. The fraction of sp³-hybridized carbons (Fsp3) is 0.727. The van der Waals surface area contributed by atoms with Gasteiger partial charge in [0.1, 0.15) is 5.75 Å². The topological polar surface area (TPSA) is 30.9 Å². The lowest BCUT2D eigenvalue weighted by Gasteiger charge is -2.60. The number of piperidine rings is 1. The molecule has 2 saturated heterocycles. The van der Waals surface area contributed by atoms with Gasteiger partial charge < -0.3 is 14.2 Å². The fourth-order valence-corrected chi connectivity index (χ4v) is 5.58. The number of fused-ring (bicyclic) bond motifs is 1. The summed E-state index contributed by atoms with van der Waals surface area (Å²) in [6, 6.07) is 7.08. The largest absolute Gasteiger partial charge is 0.497 e. The van der Waals surface area contributed by atoms with E-state index < -0.39 is 5.79 Å². The summed E-state index contributed by atoms with van der Waals surface area (Å²) in [4.78, 5) is 2.74. The van der Waals surface area contributed by atoms with Gasteiger partial charge >= 0.3 is 0 Å². The van der Waals surface area contributed by atoms with E-state index in [1.807, 2.05) is 0 Å². The van der Waals surface area contributed by atoms with Gasteiger partial charge in [-0.25, -0.2) is 0 Å². The molecule has 4 heteroatoms. The van der Waals surface area contributed by atoms with E-state index in [-0.39, 0.29) is 11.5 Å². The Kier molecular flexibility index (Phi) is 3.90. The number of benzene rings is 1. The van der Waals surface area contributed by atoms with Crippen molar-refractivity contribution in [2.24, 2.45) is 5.92 Å². The molecule has 4 nitrogen and oxygen atoms in total. The van der Waals surface area contributed by atoms with Gasteiger partial charge in [0.05, 0.1) is 19.8 Å². The van der Waals surface area contributed by atoms with Gasteiger partial charge in [-0.05, 0) is 75.3 Å². The molecule has 142 valence electrons. The van der Waals surface area contributed by atoms with E-state index in [0.717, 1.165) is 37.7 Å². The Hall–Kier alpha value is -1.10. The predicted molar refractivity (Wildman–Crippen MR) is 101 cm³/mol. The molecule has 2 heterocycles. The van der Waals surface area contributed by atoms with Gasteiger partial charge in [0.15, 0.2) is 5.79 Å². The molecule has 0 aromatic heterocycles. The molecule has 2 bridgehead atoms. The van der Waals surface area contributed by atoms with Crippen LogP contribution in [0.25, 0.3) is 0 Å². The van der Waals surface area contributed by atoms with Crippen molar-refractivity contribution in [1.82, 2.24) is 4.90 Å².